The van der Waals surface area contributed by atoms with Crippen molar-refractivity contribution in [3.05, 3.63) is 152 Å². The SMILES string of the molecule is c1ccc(-c2cccc(-n3c4ccccc4c4cc(-c5ccc6oc7ccc8ccc9oc%10cccc%11c%10c9c8c7c6c5-%11)ccc43)c2)cc1. The Hall–Kier alpha value is -6.58. The molecule has 0 spiro atoms. The first kappa shape index (κ1) is 25.5. The van der Waals surface area contributed by atoms with Crippen LogP contribution in [0.15, 0.2) is 160 Å². The lowest BCUT2D eigenvalue weighted by Crippen LogP contribution is -1.94. The second-order valence-corrected chi connectivity index (χ2v) is 13.2. The third-order valence-electron chi connectivity index (χ3n) is 10.7. The summed E-state index contributed by atoms with van der Waals surface area (Å²) < 4.78 is 15.5. The van der Waals surface area contributed by atoms with Gasteiger partial charge in [0, 0.05) is 49.0 Å². The Kier molecular flexibility index (Phi) is 4.72. The van der Waals surface area contributed by atoms with Crippen molar-refractivity contribution in [3.8, 4) is 39.1 Å². The van der Waals surface area contributed by atoms with Gasteiger partial charge in [0.2, 0.25) is 0 Å². The van der Waals surface area contributed by atoms with Crippen LogP contribution in [0.4, 0.5) is 0 Å². The maximum atomic E-state index is 6.57. The maximum Gasteiger partial charge on any atom is 0.136 e. The average Bonchev–Trinajstić information content (AvgIpc) is 3.81. The summed E-state index contributed by atoms with van der Waals surface area (Å²) in [5, 5.41) is 9.57. The second kappa shape index (κ2) is 9.06. The van der Waals surface area contributed by atoms with Crippen LogP contribution in [-0.2, 0) is 0 Å². The summed E-state index contributed by atoms with van der Waals surface area (Å²) in [7, 11) is 0. The summed E-state index contributed by atoms with van der Waals surface area (Å²) >= 11 is 0. The van der Waals surface area contributed by atoms with Crippen molar-refractivity contribution in [1.82, 2.24) is 4.57 Å². The largest absolute Gasteiger partial charge is 0.456 e. The fraction of sp³-hybridized carbons (Fsp3) is 0. The van der Waals surface area contributed by atoms with Gasteiger partial charge in [-0.1, -0.05) is 97.1 Å². The Bertz CT molecular complexity index is 3200. The van der Waals surface area contributed by atoms with E-state index >= 15 is 0 Å². The van der Waals surface area contributed by atoms with Crippen LogP contribution >= 0.6 is 0 Å². The fourth-order valence-electron chi connectivity index (χ4n) is 8.68. The van der Waals surface area contributed by atoms with E-state index < -0.39 is 0 Å². The molecule has 12 rings (SSSR count). The lowest BCUT2D eigenvalue weighted by atomic mass is 9.89. The minimum absolute atomic E-state index is 0.909. The summed E-state index contributed by atoms with van der Waals surface area (Å²) in [5.41, 5.74) is 14.3. The fourth-order valence-corrected chi connectivity index (χ4v) is 8.68. The number of hydrogen-bond donors (Lipinski definition) is 0. The molecular formula is C46H25NO2. The molecule has 0 amide bonds. The lowest BCUT2D eigenvalue weighted by molar-refractivity contribution is 0.669. The first-order valence-corrected chi connectivity index (χ1v) is 16.8. The zero-order chi connectivity index (χ0) is 31.8. The highest BCUT2D eigenvalue weighted by Gasteiger charge is 2.27. The Morgan fingerprint density at radius 1 is 0.367 bits per heavy atom. The third kappa shape index (κ3) is 3.26. The van der Waals surface area contributed by atoms with Gasteiger partial charge in [0.05, 0.1) is 11.0 Å². The van der Waals surface area contributed by atoms with Crippen LogP contribution in [0.5, 0.6) is 0 Å². The summed E-state index contributed by atoms with van der Waals surface area (Å²) in [5.74, 6) is 0. The zero-order valence-corrected chi connectivity index (χ0v) is 26.2. The Morgan fingerprint density at radius 3 is 1.94 bits per heavy atom. The number of hydrogen-bond acceptors (Lipinski definition) is 2. The van der Waals surface area contributed by atoms with Gasteiger partial charge in [-0.2, -0.15) is 0 Å². The van der Waals surface area contributed by atoms with E-state index in [1.165, 1.54) is 87.5 Å². The summed E-state index contributed by atoms with van der Waals surface area (Å²) in [6, 6.07) is 54.6. The Labute approximate surface area is 279 Å². The van der Waals surface area contributed by atoms with Crippen LogP contribution in [0, 0.1) is 0 Å². The Balaban J connectivity index is 1.16. The van der Waals surface area contributed by atoms with E-state index in [0.717, 1.165) is 28.0 Å². The van der Waals surface area contributed by atoms with Gasteiger partial charge in [0.1, 0.15) is 22.3 Å². The van der Waals surface area contributed by atoms with E-state index in [-0.39, 0.29) is 0 Å². The van der Waals surface area contributed by atoms with Gasteiger partial charge < -0.3 is 13.4 Å². The number of para-hydroxylation sites is 1. The molecule has 11 aromatic rings. The average molecular weight is 624 g/mol. The first-order valence-electron chi connectivity index (χ1n) is 16.8. The van der Waals surface area contributed by atoms with Crippen molar-refractivity contribution in [3.63, 3.8) is 0 Å². The van der Waals surface area contributed by atoms with E-state index in [1.807, 2.05) is 0 Å². The summed E-state index contributed by atoms with van der Waals surface area (Å²) in [6.45, 7) is 0. The number of furan rings is 2. The highest BCUT2D eigenvalue weighted by atomic mass is 16.3. The molecule has 0 aliphatic heterocycles. The maximum absolute atomic E-state index is 6.57. The Morgan fingerprint density at radius 2 is 1.06 bits per heavy atom. The van der Waals surface area contributed by atoms with E-state index in [0.29, 0.717) is 0 Å². The van der Waals surface area contributed by atoms with Crippen molar-refractivity contribution in [2.75, 3.05) is 0 Å². The van der Waals surface area contributed by atoms with E-state index in [2.05, 4.69) is 156 Å². The number of nitrogens with zero attached hydrogens (tertiary/aromatic N) is 1. The highest BCUT2D eigenvalue weighted by Crippen LogP contribution is 2.53. The standard InChI is InChI=1S/C46H25NO2/c1-2-8-26(9-3-1)28-10-6-11-30(24-28)47-35-14-5-4-12-32(35)34-25-29(16-20-36(34)47)31-19-23-40-46-42(31)33-13-7-15-37-43(33)44-38(48-37)21-17-27-18-22-39(49-40)45(46)41(27)44/h1-25H. The monoisotopic (exact) mass is 623 g/mol. The quantitative estimate of drug-likeness (QED) is 0.196. The van der Waals surface area contributed by atoms with Gasteiger partial charge >= 0.3 is 0 Å². The number of fused-ring (bicyclic) bond motifs is 4. The van der Waals surface area contributed by atoms with Gasteiger partial charge in [-0.25, -0.2) is 0 Å². The van der Waals surface area contributed by atoms with Crippen molar-refractivity contribution in [2.24, 2.45) is 0 Å². The van der Waals surface area contributed by atoms with Crippen LogP contribution in [-0.4, -0.2) is 4.57 Å². The molecule has 3 heterocycles. The molecule has 0 bridgehead atoms. The summed E-state index contributed by atoms with van der Waals surface area (Å²) in [4.78, 5) is 0. The van der Waals surface area contributed by atoms with Crippen molar-refractivity contribution >= 4 is 76.5 Å². The topological polar surface area (TPSA) is 31.2 Å². The predicted octanol–water partition coefficient (Wildman–Crippen LogP) is 13.1. The highest BCUT2D eigenvalue weighted by molar-refractivity contribution is 6.37. The molecule has 3 aromatic heterocycles. The molecule has 3 heteroatoms. The number of rotatable bonds is 3. The number of benzene rings is 8. The minimum Gasteiger partial charge on any atom is -0.456 e. The van der Waals surface area contributed by atoms with Gasteiger partial charge in [-0.15, -0.1) is 0 Å². The lowest BCUT2D eigenvalue weighted by Gasteiger charge is -2.13. The van der Waals surface area contributed by atoms with Crippen LogP contribution in [0.3, 0.4) is 0 Å². The van der Waals surface area contributed by atoms with Crippen LogP contribution < -0.4 is 0 Å². The van der Waals surface area contributed by atoms with E-state index in [9.17, 15) is 0 Å². The van der Waals surface area contributed by atoms with Crippen LogP contribution in [0.1, 0.15) is 0 Å². The van der Waals surface area contributed by atoms with Gasteiger partial charge in [0.25, 0.3) is 0 Å². The molecule has 8 aromatic carbocycles. The molecule has 1 aliphatic carbocycles. The van der Waals surface area contributed by atoms with Gasteiger partial charge in [-0.05, 0) is 87.8 Å². The third-order valence-corrected chi connectivity index (χ3v) is 10.7. The van der Waals surface area contributed by atoms with E-state index in [1.54, 1.807) is 0 Å². The molecule has 0 radical (unpaired) electrons. The smallest absolute Gasteiger partial charge is 0.136 e. The molecule has 1 aliphatic rings. The number of aromatic nitrogens is 1. The molecular weight excluding hydrogens is 599 g/mol. The second-order valence-electron chi connectivity index (χ2n) is 13.2. The van der Waals surface area contributed by atoms with Crippen LogP contribution in [0.2, 0.25) is 0 Å². The van der Waals surface area contributed by atoms with Crippen molar-refractivity contribution in [1.29, 1.82) is 0 Å². The summed E-state index contributed by atoms with van der Waals surface area (Å²) in [6.07, 6.45) is 0. The van der Waals surface area contributed by atoms with Gasteiger partial charge in [0.15, 0.2) is 0 Å². The molecule has 0 unspecified atom stereocenters. The molecule has 3 nitrogen and oxygen atoms in total. The molecule has 49 heavy (non-hydrogen) atoms. The minimum atomic E-state index is 0.909. The first-order chi connectivity index (χ1) is 24.3. The molecule has 0 N–H and O–H groups in total. The van der Waals surface area contributed by atoms with Gasteiger partial charge in [-0.3, -0.25) is 0 Å². The molecule has 0 atom stereocenters. The normalized spacial score (nSPS) is 12.5. The molecule has 0 fully saturated rings. The predicted molar refractivity (Wildman–Crippen MR) is 203 cm³/mol. The zero-order valence-electron chi connectivity index (χ0n) is 26.2. The molecule has 226 valence electrons. The van der Waals surface area contributed by atoms with Crippen LogP contribution in [0.25, 0.3) is 116 Å². The molecule has 0 saturated heterocycles. The van der Waals surface area contributed by atoms with E-state index in [4.69, 9.17) is 8.83 Å². The molecule has 0 saturated carbocycles. The van der Waals surface area contributed by atoms with Crippen molar-refractivity contribution < 1.29 is 8.83 Å². The van der Waals surface area contributed by atoms with Crippen molar-refractivity contribution in [2.45, 2.75) is 0 Å².